The lowest BCUT2D eigenvalue weighted by Gasteiger charge is -2.25. The fourth-order valence-electron chi connectivity index (χ4n) is 3.38. The minimum Gasteiger partial charge on any atom is -0.324 e. The number of carbonyl (C=O) groups excluding carboxylic acids is 1. The molecule has 19 heavy (non-hydrogen) atoms. The lowest BCUT2D eigenvalue weighted by molar-refractivity contribution is -0.121. The molecule has 0 atom stereocenters. The minimum absolute atomic E-state index is 0.00368. The lowest BCUT2D eigenvalue weighted by atomic mass is 9.90. The first-order valence-electron chi connectivity index (χ1n) is 7.40. The highest BCUT2D eigenvalue weighted by atomic mass is 16.2. The van der Waals surface area contributed by atoms with E-state index in [1.165, 1.54) is 24.0 Å². The normalized spacial score (nSPS) is 20.9. The highest BCUT2D eigenvalue weighted by Crippen LogP contribution is 2.31. The molecule has 0 aliphatic heterocycles. The van der Waals surface area contributed by atoms with Crippen LogP contribution in [0.3, 0.4) is 0 Å². The first-order valence-corrected chi connectivity index (χ1v) is 7.40. The Morgan fingerprint density at radius 2 is 1.84 bits per heavy atom. The monoisotopic (exact) mass is 258 g/mol. The Kier molecular flexibility index (Phi) is 3.31. The van der Waals surface area contributed by atoms with E-state index in [0.29, 0.717) is 0 Å². The minimum atomic E-state index is -0.641. The largest absolute Gasteiger partial charge is 0.324 e. The number of nitrogens with one attached hydrogen (secondary N) is 1. The van der Waals surface area contributed by atoms with Crippen LogP contribution in [0.15, 0.2) is 18.2 Å². The van der Waals surface area contributed by atoms with Gasteiger partial charge in [0.15, 0.2) is 0 Å². The Labute approximate surface area is 114 Å². The summed E-state index contributed by atoms with van der Waals surface area (Å²) < 4.78 is 0. The first-order chi connectivity index (χ1) is 9.19. The van der Waals surface area contributed by atoms with Gasteiger partial charge in [-0.15, -0.1) is 0 Å². The molecule has 3 rings (SSSR count). The summed E-state index contributed by atoms with van der Waals surface area (Å²) in [6.07, 6.45) is 8.43. The van der Waals surface area contributed by atoms with Gasteiger partial charge in [0.1, 0.15) is 0 Å². The maximum absolute atomic E-state index is 12.4. The molecule has 0 spiro atoms. The van der Waals surface area contributed by atoms with E-state index in [4.69, 9.17) is 5.73 Å². The van der Waals surface area contributed by atoms with Crippen LogP contribution in [0.5, 0.6) is 0 Å². The third kappa shape index (κ3) is 2.39. The van der Waals surface area contributed by atoms with Crippen LogP contribution in [0.4, 0.5) is 5.69 Å². The van der Waals surface area contributed by atoms with Crippen LogP contribution in [-0.4, -0.2) is 11.4 Å². The third-order valence-corrected chi connectivity index (χ3v) is 4.59. The summed E-state index contributed by atoms with van der Waals surface area (Å²) in [4.78, 5) is 12.4. The van der Waals surface area contributed by atoms with Crippen LogP contribution in [0.2, 0.25) is 0 Å². The van der Waals surface area contributed by atoms with Gasteiger partial charge in [-0.1, -0.05) is 25.0 Å². The molecule has 1 amide bonds. The van der Waals surface area contributed by atoms with Gasteiger partial charge in [-0.05, 0) is 55.7 Å². The number of benzene rings is 1. The Hall–Kier alpha value is -1.35. The molecule has 3 N–H and O–H groups in total. The molecule has 0 unspecified atom stereocenters. The number of rotatable bonds is 2. The Balaban J connectivity index is 1.82. The Morgan fingerprint density at radius 1 is 1.11 bits per heavy atom. The van der Waals surface area contributed by atoms with Gasteiger partial charge >= 0.3 is 0 Å². The van der Waals surface area contributed by atoms with Gasteiger partial charge in [-0.3, -0.25) is 4.79 Å². The van der Waals surface area contributed by atoms with Crippen LogP contribution in [0.25, 0.3) is 0 Å². The van der Waals surface area contributed by atoms with Crippen molar-refractivity contribution in [3.05, 3.63) is 29.3 Å². The van der Waals surface area contributed by atoms with Crippen molar-refractivity contribution in [2.24, 2.45) is 5.73 Å². The zero-order valence-corrected chi connectivity index (χ0v) is 11.4. The van der Waals surface area contributed by atoms with Crippen molar-refractivity contribution in [2.75, 3.05) is 5.32 Å². The van der Waals surface area contributed by atoms with Crippen molar-refractivity contribution in [3.63, 3.8) is 0 Å². The molecule has 1 fully saturated rings. The van der Waals surface area contributed by atoms with Gasteiger partial charge in [0.2, 0.25) is 5.91 Å². The molecule has 0 bridgehead atoms. The molecule has 1 saturated carbocycles. The van der Waals surface area contributed by atoms with Crippen molar-refractivity contribution >= 4 is 11.6 Å². The van der Waals surface area contributed by atoms with E-state index in [0.717, 1.165) is 44.2 Å². The number of aryl methyl sites for hydroxylation is 1. The van der Waals surface area contributed by atoms with Gasteiger partial charge in [-0.25, -0.2) is 0 Å². The maximum Gasteiger partial charge on any atom is 0.244 e. The highest BCUT2D eigenvalue weighted by Gasteiger charge is 2.37. The molecule has 3 heteroatoms. The molecule has 0 radical (unpaired) electrons. The van der Waals surface area contributed by atoms with Crippen molar-refractivity contribution in [1.29, 1.82) is 0 Å². The number of anilines is 1. The van der Waals surface area contributed by atoms with E-state index in [1.54, 1.807) is 0 Å². The van der Waals surface area contributed by atoms with Crippen molar-refractivity contribution in [2.45, 2.75) is 56.9 Å². The van der Waals surface area contributed by atoms with Crippen LogP contribution in [-0.2, 0) is 17.6 Å². The molecule has 0 heterocycles. The van der Waals surface area contributed by atoms with Gasteiger partial charge in [0, 0.05) is 5.69 Å². The van der Waals surface area contributed by atoms with Gasteiger partial charge in [-0.2, -0.15) is 0 Å². The summed E-state index contributed by atoms with van der Waals surface area (Å²) in [6, 6.07) is 6.23. The molecule has 102 valence electrons. The van der Waals surface area contributed by atoms with E-state index in [1.807, 2.05) is 12.1 Å². The standard InChI is InChI=1S/C16H22N2O/c17-16(10-3-4-11-16)15(19)18-14-9-5-7-12-6-1-2-8-13(12)14/h5,7,9H,1-4,6,8,10-11,17H2,(H,18,19). The molecule has 1 aromatic rings. The van der Waals surface area contributed by atoms with E-state index in [9.17, 15) is 4.79 Å². The second-order valence-electron chi connectivity index (χ2n) is 5.97. The molecular formula is C16H22N2O. The summed E-state index contributed by atoms with van der Waals surface area (Å²) in [7, 11) is 0. The number of fused-ring (bicyclic) bond motifs is 1. The number of hydrogen-bond acceptors (Lipinski definition) is 2. The van der Waals surface area contributed by atoms with E-state index < -0.39 is 5.54 Å². The molecule has 0 saturated heterocycles. The topological polar surface area (TPSA) is 55.1 Å². The molecule has 2 aliphatic carbocycles. The molecule has 2 aliphatic rings. The van der Waals surface area contributed by atoms with Crippen molar-refractivity contribution in [1.82, 2.24) is 0 Å². The SMILES string of the molecule is NC1(C(=O)Nc2cccc3c2CCCC3)CCCC1. The van der Waals surface area contributed by atoms with E-state index in [2.05, 4.69) is 11.4 Å². The third-order valence-electron chi connectivity index (χ3n) is 4.59. The van der Waals surface area contributed by atoms with Crippen LogP contribution < -0.4 is 11.1 Å². The van der Waals surface area contributed by atoms with Crippen LogP contribution >= 0.6 is 0 Å². The summed E-state index contributed by atoms with van der Waals surface area (Å²) in [5.41, 5.74) is 9.27. The Morgan fingerprint density at radius 3 is 2.63 bits per heavy atom. The van der Waals surface area contributed by atoms with Crippen molar-refractivity contribution < 1.29 is 4.79 Å². The van der Waals surface area contributed by atoms with Gasteiger partial charge in [0.05, 0.1) is 5.54 Å². The summed E-state index contributed by atoms with van der Waals surface area (Å²) in [6.45, 7) is 0. The number of nitrogens with two attached hydrogens (primary N) is 1. The number of amides is 1. The zero-order valence-electron chi connectivity index (χ0n) is 11.4. The second kappa shape index (κ2) is 4.97. The molecular weight excluding hydrogens is 236 g/mol. The quantitative estimate of drug-likeness (QED) is 0.857. The lowest BCUT2D eigenvalue weighted by Crippen LogP contribution is -2.48. The van der Waals surface area contributed by atoms with Crippen LogP contribution in [0, 0.1) is 0 Å². The summed E-state index contributed by atoms with van der Waals surface area (Å²) in [5, 5.41) is 3.09. The first kappa shape index (κ1) is 12.7. The van der Waals surface area contributed by atoms with Crippen molar-refractivity contribution in [3.8, 4) is 0 Å². The Bertz CT molecular complexity index is 490. The molecule has 3 nitrogen and oxygen atoms in total. The highest BCUT2D eigenvalue weighted by molar-refractivity contribution is 5.98. The second-order valence-corrected chi connectivity index (χ2v) is 5.97. The van der Waals surface area contributed by atoms with E-state index in [-0.39, 0.29) is 5.91 Å². The van der Waals surface area contributed by atoms with Gasteiger partial charge in [0.25, 0.3) is 0 Å². The maximum atomic E-state index is 12.4. The smallest absolute Gasteiger partial charge is 0.244 e. The predicted molar refractivity (Wildman–Crippen MR) is 77.1 cm³/mol. The van der Waals surface area contributed by atoms with Gasteiger partial charge < -0.3 is 11.1 Å². The summed E-state index contributed by atoms with van der Waals surface area (Å²) in [5.74, 6) is 0.00368. The average molecular weight is 258 g/mol. The average Bonchev–Trinajstić information content (AvgIpc) is 2.87. The zero-order chi connectivity index (χ0) is 13.3. The molecule has 1 aromatic carbocycles. The number of carbonyl (C=O) groups is 1. The fraction of sp³-hybridized carbons (Fsp3) is 0.562. The van der Waals surface area contributed by atoms with E-state index >= 15 is 0 Å². The van der Waals surface area contributed by atoms with Crippen LogP contribution in [0.1, 0.15) is 49.7 Å². The molecule has 0 aromatic heterocycles. The predicted octanol–water partition coefficient (Wildman–Crippen LogP) is 2.78. The summed E-state index contributed by atoms with van der Waals surface area (Å²) >= 11 is 0. The number of hydrogen-bond donors (Lipinski definition) is 2. The fourth-order valence-corrected chi connectivity index (χ4v) is 3.38.